The van der Waals surface area contributed by atoms with Gasteiger partial charge >= 0.3 is 0 Å². The molecule has 0 bridgehead atoms. The van der Waals surface area contributed by atoms with E-state index in [1.807, 2.05) is 72.8 Å². The molecule has 0 unspecified atom stereocenters. The van der Waals surface area contributed by atoms with Gasteiger partial charge in [0.15, 0.2) is 17.5 Å². The summed E-state index contributed by atoms with van der Waals surface area (Å²) >= 11 is 0. The zero-order chi connectivity index (χ0) is 37.8. The summed E-state index contributed by atoms with van der Waals surface area (Å²) in [5.74, 6) is 1.93. The summed E-state index contributed by atoms with van der Waals surface area (Å²) in [7, 11) is 0. The van der Waals surface area contributed by atoms with Gasteiger partial charge in [-0.1, -0.05) is 159 Å². The highest BCUT2D eigenvalue weighted by Crippen LogP contribution is 2.39. The molecule has 10 rings (SSSR count). The largest absolute Gasteiger partial charge is 0.317 e. The molecule has 0 aliphatic carbocycles. The summed E-state index contributed by atoms with van der Waals surface area (Å²) in [4.78, 5) is 15.0. The van der Waals surface area contributed by atoms with E-state index in [1.165, 1.54) is 38.0 Å². The molecule has 0 radical (unpaired) electrons. The monoisotopic (exact) mass is 719 g/mol. The van der Waals surface area contributed by atoms with Crippen molar-refractivity contribution in [3.05, 3.63) is 214 Å². The van der Waals surface area contributed by atoms with Crippen LogP contribution >= 0.6 is 0 Å². The molecule has 0 aliphatic heterocycles. The molecular formula is C51H37N5. The van der Waals surface area contributed by atoms with Crippen molar-refractivity contribution in [1.82, 2.24) is 24.1 Å². The van der Waals surface area contributed by atoms with Crippen LogP contribution in [0, 0.1) is 0 Å². The molecular weight excluding hydrogens is 683 g/mol. The number of allylic oxidation sites excluding steroid dienone is 4. The molecule has 0 fully saturated rings. The van der Waals surface area contributed by atoms with E-state index in [1.54, 1.807) is 12.2 Å². The molecule has 56 heavy (non-hydrogen) atoms. The summed E-state index contributed by atoms with van der Waals surface area (Å²) in [5.41, 5.74) is 8.54. The van der Waals surface area contributed by atoms with Crippen molar-refractivity contribution >= 4 is 43.5 Å². The fraction of sp³-hybridized carbons (Fsp3) is 0. The molecule has 0 amide bonds. The minimum atomic E-state index is 0.633. The van der Waals surface area contributed by atoms with E-state index >= 15 is 0 Å². The third kappa shape index (κ3) is 6.37. The van der Waals surface area contributed by atoms with Gasteiger partial charge in [-0.3, -0.25) is 0 Å². The lowest BCUT2D eigenvalue weighted by Gasteiger charge is -2.13. The van der Waals surface area contributed by atoms with Crippen molar-refractivity contribution in [3.8, 4) is 45.5 Å². The van der Waals surface area contributed by atoms with Gasteiger partial charge in [0.1, 0.15) is 0 Å². The summed E-state index contributed by atoms with van der Waals surface area (Å²) in [5, 5.41) is 6.04. The Kier molecular flexibility index (Phi) is 9.16. The van der Waals surface area contributed by atoms with Gasteiger partial charge in [0.25, 0.3) is 0 Å². The Balaban J connectivity index is 0.000000636. The van der Waals surface area contributed by atoms with Crippen molar-refractivity contribution < 1.29 is 0 Å². The maximum Gasteiger partial charge on any atom is 0.164 e. The molecule has 266 valence electrons. The number of nitrogens with zero attached hydrogens (tertiary/aromatic N) is 5. The zero-order valence-corrected chi connectivity index (χ0v) is 30.7. The normalized spacial score (nSPS) is 11.3. The highest BCUT2D eigenvalue weighted by atomic mass is 15.0. The number of hydrogen-bond acceptors (Lipinski definition) is 3. The minimum Gasteiger partial charge on any atom is -0.317 e. The van der Waals surface area contributed by atoms with Crippen LogP contribution < -0.4 is 0 Å². The van der Waals surface area contributed by atoms with Crippen molar-refractivity contribution in [2.24, 2.45) is 0 Å². The third-order valence-corrected chi connectivity index (χ3v) is 9.94. The SMILES string of the molecule is C=C/C=C\C=C.c1ccc(-c2nc(-c3ccccc3)nc(-c3cccc(-n4c5ccccc5c5ccc6cc7c(ccn7-c7ccccc7)cc6c54)c3)n2)cc1. The molecule has 0 atom stereocenters. The number of aromatic nitrogens is 5. The van der Waals surface area contributed by atoms with Crippen LogP contribution in [0.1, 0.15) is 0 Å². The standard InChI is InChI=1S/C45H29N5.C6H8/c1-4-13-30(14-5-1)43-46-44(31-15-6-2-7-16-31)48-45(47-43)34-17-12-20-36(27-34)50-40-22-11-10-21-37(40)38-24-23-32-29-41-33(28-39(32)42(38)50)25-26-49(41)35-18-8-3-9-19-35;1-3-5-6-4-2/h1-29H;3-6H,1-2H2/b;6-5-. The van der Waals surface area contributed by atoms with Gasteiger partial charge in [-0.05, 0) is 53.9 Å². The Morgan fingerprint density at radius 1 is 0.411 bits per heavy atom. The summed E-state index contributed by atoms with van der Waals surface area (Å²) in [6.07, 6.45) is 9.24. The molecule has 0 N–H and O–H groups in total. The van der Waals surface area contributed by atoms with Gasteiger partial charge in [0.05, 0.1) is 16.6 Å². The molecule has 3 heterocycles. The molecule has 3 aromatic heterocycles. The summed E-state index contributed by atoms with van der Waals surface area (Å²) in [6, 6.07) is 59.4. The van der Waals surface area contributed by atoms with Crippen LogP contribution in [0.4, 0.5) is 0 Å². The fourth-order valence-corrected chi connectivity index (χ4v) is 7.37. The average Bonchev–Trinajstić information content (AvgIpc) is 3.85. The van der Waals surface area contributed by atoms with E-state index in [0.29, 0.717) is 17.5 Å². The second-order valence-electron chi connectivity index (χ2n) is 13.4. The second-order valence-corrected chi connectivity index (χ2v) is 13.4. The first-order chi connectivity index (χ1) is 27.7. The van der Waals surface area contributed by atoms with E-state index in [2.05, 4.69) is 138 Å². The van der Waals surface area contributed by atoms with E-state index in [4.69, 9.17) is 15.0 Å². The molecule has 0 saturated heterocycles. The van der Waals surface area contributed by atoms with Crippen molar-refractivity contribution in [1.29, 1.82) is 0 Å². The highest BCUT2D eigenvalue weighted by molar-refractivity contribution is 6.20. The molecule has 10 aromatic rings. The average molecular weight is 720 g/mol. The van der Waals surface area contributed by atoms with E-state index < -0.39 is 0 Å². The molecule has 0 spiro atoms. The zero-order valence-electron chi connectivity index (χ0n) is 30.7. The second kappa shape index (κ2) is 15.0. The van der Waals surface area contributed by atoms with Gasteiger partial charge in [-0.25, -0.2) is 15.0 Å². The smallest absolute Gasteiger partial charge is 0.164 e. The van der Waals surface area contributed by atoms with Crippen LogP contribution in [0.3, 0.4) is 0 Å². The van der Waals surface area contributed by atoms with Crippen molar-refractivity contribution in [2.75, 3.05) is 0 Å². The quantitative estimate of drug-likeness (QED) is 0.154. The fourth-order valence-electron chi connectivity index (χ4n) is 7.37. The van der Waals surface area contributed by atoms with E-state index in [-0.39, 0.29) is 0 Å². The summed E-state index contributed by atoms with van der Waals surface area (Å²) < 4.78 is 4.66. The lowest BCUT2D eigenvalue weighted by Crippen LogP contribution is -2.01. The van der Waals surface area contributed by atoms with Crippen molar-refractivity contribution in [2.45, 2.75) is 0 Å². The van der Waals surface area contributed by atoms with E-state index in [9.17, 15) is 0 Å². The van der Waals surface area contributed by atoms with Gasteiger partial charge < -0.3 is 9.13 Å². The first kappa shape index (κ1) is 34.2. The summed E-state index contributed by atoms with van der Waals surface area (Å²) in [6.45, 7) is 6.93. The first-order valence-corrected chi connectivity index (χ1v) is 18.6. The van der Waals surface area contributed by atoms with Crippen LogP contribution in [0.25, 0.3) is 89.0 Å². The Labute approximate surface area is 325 Å². The van der Waals surface area contributed by atoms with Gasteiger partial charge in [-0.2, -0.15) is 0 Å². The molecule has 5 heteroatoms. The number of fused-ring (bicyclic) bond motifs is 6. The van der Waals surface area contributed by atoms with Crippen LogP contribution in [-0.4, -0.2) is 24.1 Å². The molecule has 0 aliphatic rings. The molecule has 0 saturated carbocycles. The topological polar surface area (TPSA) is 48.5 Å². The Morgan fingerprint density at radius 3 is 1.64 bits per heavy atom. The molecule has 5 nitrogen and oxygen atoms in total. The first-order valence-electron chi connectivity index (χ1n) is 18.6. The van der Waals surface area contributed by atoms with Crippen molar-refractivity contribution in [3.63, 3.8) is 0 Å². The number of para-hydroxylation sites is 2. The van der Waals surface area contributed by atoms with Gasteiger partial charge in [-0.15, -0.1) is 0 Å². The predicted molar refractivity (Wildman–Crippen MR) is 234 cm³/mol. The van der Waals surface area contributed by atoms with Crippen LogP contribution in [-0.2, 0) is 0 Å². The van der Waals surface area contributed by atoms with Crippen LogP contribution in [0.5, 0.6) is 0 Å². The maximum absolute atomic E-state index is 5.02. The van der Waals surface area contributed by atoms with Crippen LogP contribution in [0.15, 0.2) is 214 Å². The van der Waals surface area contributed by atoms with Gasteiger partial charge in [0.2, 0.25) is 0 Å². The Bertz CT molecular complexity index is 2980. The maximum atomic E-state index is 5.02. The number of rotatable bonds is 7. The van der Waals surface area contributed by atoms with E-state index in [0.717, 1.165) is 33.6 Å². The predicted octanol–water partition coefficient (Wildman–Crippen LogP) is 13.0. The Morgan fingerprint density at radius 2 is 0.982 bits per heavy atom. The third-order valence-electron chi connectivity index (χ3n) is 9.94. The molecule has 7 aromatic carbocycles. The lowest BCUT2D eigenvalue weighted by atomic mass is 10.0. The Hall–Kier alpha value is -7.63. The number of benzene rings is 7. The van der Waals surface area contributed by atoms with Gasteiger partial charge in [0, 0.05) is 55.8 Å². The number of hydrogen-bond donors (Lipinski definition) is 0. The lowest BCUT2D eigenvalue weighted by molar-refractivity contribution is 1.07. The van der Waals surface area contributed by atoms with Crippen LogP contribution in [0.2, 0.25) is 0 Å². The minimum absolute atomic E-state index is 0.633. The highest BCUT2D eigenvalue weighted by Gasteiger charge is 2.18.